The van der Waals surface area contributed by atoms with Gasteiger partial charge >= 0.3 is 0 Å². The van der Waals surface area contributed by atoms with Gasteiger partial charge in [-0.25, -0.2) is 0 Å². The van der Waals surface area contributed by atoms with E-state index in [1.54, 1.807) is 4.80 Å². The maximum absolute atomic E-state index is 12.2. The summed E-state index contributed by atoms with van der Waals surface area (Å²) in [7, 11) is 0. The number of carbonyl (C=O) groups excluding carboxylic acids is 1. The molecule has 1 aliphatic heterocycles. The molecule has 2 aromatic carbocycles. The highest BCUT2D eigenvalue weighted by Gasteiger charge is 2.27. The molecule has 4 rings (SSSR count). The average molecular weight is 415 g/mol. The minimum absolute atomic E-state index is 0. The van der Waals surface area contributed by atoms with Gasteiger partial charge in [-0.15, -0.1) is 22.6 Å². The van der Waals surface area contributed by atoms with Gasteiger partial charge in [0.05, 0.1) is 18.7 Å². The van der Waals surface area contributed by atoms with Crippen LogP contribution in [0, 0.1) is 0 Å². The maximum Gasteiger partial charge on any atom is 0.241 e. The Morgan fingerprint density at radius 3 is 2.62 bits per heavy atom. The van der Waals surface area contributed by atoms with Gasteiger partial charge in [0, 0.05) is 17.8 Å². The molecule has 0 spiro atoms. The minimum atomic E-state index is -0.453. The predicted octanol–water partition coefficient (Wildman–Crippen LogP) is 1.67. The molecule has 0 saturated carbocycles. The van der Waals surface area contributed by atoms with E-state index >= 15 is 0 Å². The molecule has 1 amide bonds. The van der Waals surface area contributed by atoms with Crippen molar-refractivity contribution in [2.45, 2.75) is 31.5 Å². The molecule has 2 heterocycles. The van der Waals surface area contributed by atoms with E-state index in [1.807, 2.05) is 54.6 Å². The van der Waals surface area contributed by atoms with Crippen LogP contribution >= 0.6 is 12.4 Å². The molecule has 3 N–H and O–H groups in total. The third-order valence-corrected chi connectivity index (χ3v) is 4.73. The van der Waals surface area contributed by atoms with E-state index in [2.05, 4.69) is 26.0 Å². The first-order valence-corrected chi connectivity index (χ1v) is 9.32. The van der Waals surface area contributed by atoms with Gasteiger partial charge in [-0.2, -0.15) is 4.80 Å². The quantitative estimate of drug-likeness (QED) is 0.566. The van der Waals surface area contributed by atoms with Crippen LogP contribution in [-0.4, -0.2) is 49.9 Å². The second-order valence-corrected chi connectivity index (χ2v) is 6.86. The van der Waals surface area contributed by atoms with Crippen molar-refractivity contribution in [3.63, 3.8) is 0 Å². The molecule has 29 heavy (non-hydrogen) atoms. The second kappa shape index (κ2) is 9.60. The molecule has 1 saturated heterocycles. The summed E-state index contributed by atoms with van der Waals surface area (Å²) in [4.78, 5) is 13.8. The SMILES string of the molecule is Cl.O=C(Nc1ccc(CCn2nnc(-c3ccccc3)n2)cc1)C1CC(O)CN1. The molecule has 152 valence electrons. The van der Waals surface area contributed by atoms with E-state index in [4.69, 9.17) is 0 Å². The Hall–Kier alpha value is -2.81. The molecule has 8 nitrogen and oxygen atoms in total. The molecule has 9 heteroatoms. The van der Waals surface area contributed by atoms with Crippen molar-refractivity contribution >= 4 is 24.0 Å². The highest BCUT2D eigenvalue weighted by Crippen LogP contribution is 2.14. The number of aliphatic hydroxyl groups is 1. The second-order valence-electron chi connectivity index (χ2n) is 6.86. The zero-order valence-electron chi connectivity index (χ0n) is 15.7. The summed E-state index contributed by atoms with van der Waals surface area (Å²) in [5.41, 5.74) is 2.80. The smallest absolute Gasteiger partial charge is 0.241 e. The van der Waals surface area contributed by atoms with Crippen molar-refractivity contribution in [3.8, 4) is 11.4 Å². The van der Waals surface area contributed by atoms with Gasteiger partial charge in [-0.3, -0.25) is 4.79 Å². The van der Waals surface area contributed by atoms with Gasteiger partial charge in [0.15, 0.2) is 0 Å². The normalized spacial score (nSPS) is 18.2. The van der Waals surface area contributed by atoms with Gasteiger partial charge in [0.2, 0.25) is 11.7 Å². The van der Waals surface area contributed by atoms with Gasteiger partial charge in [0.1, 0.15) is 0 Å². The zero-order chi connectivity index (χ0) is 19.3. The van der Waals surface area contributed by atoms with Crippen LogP contribution in [0.2, 0.25) is 0 Å². The Morgan fingerprint density at radius 1 is 1.17 bits per heavy atom. The monoisotopic (exact) mass is 414 g/mol. The molecular weight excluding hydrogens is 392 g/mol. The van der Waals surface area contributed by atoms with Crippen LogP contribution in [0.5, 0.6) is 0 Å². The molecule has 0 aliphatic carbocycles. The van der Waals surface area contributed by atoms with Crippen molar-refractivity contribution < 1.29 is 9.90 Å². The molecule has 0 bridgehead atoms. The van der Waals surface area contributed by atoms with Crippen molar-refractivity contribution in [2.75, 3.05) is 11.9 Å². The molecule has 2 unspecified atom stereocenters. The fourth-order valence-electron chi connectivity index (χ4n) is 3.17. The topological polar surface area (TPSA) is 105 Å². The van der Waals surface area contributed by atoms with Crippen molar-refractivity contribution in [1.29, 1.82) is 0 Å². The summed E-state index contributed by atoms with van der Waals surface area (Å²) in [6, 6.07) is 17.1. The molecule has 3 aromatic rings. The number of benzene rings is 2. The van der Waals surface area contributed by atoms with E-state index in [0.717, 1.165) is 23.2 Å². The Bertz CT molecular complexity index is 932. The Kier molecular flexibility index (Phi) is 6.92. The highest BCUT2D eigenvalue weighted by molar-refractivity contribution is 5.95. The number of aromatic nitrogens is 4. The summed E-state index contributed by atoms with van der Waals surface area (Å²) in [6.45, 7) is 1.08. The standard InChI is InChI=1S/C20H22N6O2.ClH/c27-17-12-18(21-13-17)20(28)22-16-8-6-14(7-9-16)10-11-26-24-19(23-25-26)15-4-2-1-3-5-15;/h1-9,17-18,21,27H,10-13H2,(H,22,28);1H. The van der Waals surface area contributed by atoms with Gasteiger partial charge in [-0.1, -0.05) is 42.5 Å². The van der Waals surface area contributed by atoms with Crippen molar-refractivity contribution in [2.24, 2.45) is 0 Å². The average Bonchev–Trinajstić information content (AvgIpc) is 3.37. The lowest BCUT2D eigenvalue weighted by atomic mass is 10.1. The molecule has 0 radical (unpaired) electrons. The number of anilines is 1. The van der Waals surface area contributed by atoms with Crippen LogP contribution in [0.4, 0.5) is 5.69 Å². The number of rotatable bonds is 6. The third kappa shape index (κ3) is 5.38. The predicted molar refractivity (Wildman–Crippen MR) is 112 cm³/mol. The van der Waals surface area contributed by atoms with E-state index in [0.29, 0.717) is 25.3 Å². The van der Waals surface area contributed by atoms with Crippen LogP contribution in [-0.2, 0) is 17.8 Å². The van der Waals surface area contributed by atoms with E-state index in [9.17, 15) is 9.90 Å². The minimum Gasteiger partial charge on any atom is -0.392 e. The van der Waals surface area contributed by atoms with Crippen LogP contribution in [0.15, 0.2) is 54.6 Å². The number of nitrogens with zero attached hydrogens (tertiary/aromatic N) is 4. The fraction of sp³-hybridized carbons (Fsp3) is 0.300. The van der Waals surface area contributed by atoms with Gasteiger partial charge in [-0.05, 0) is 35.8 Å². The lowest BCUT2D eigenvalue weighted by Gasteiger charge is -2.11. The Morgan fingerprint density at radius 2 is 1.93 bits per heavy atom. The van der Waals surface area contributed by atoms with E-state index in [1.165, 1.54) is 0 Å². The van der Waals surface area contributed by atoms with Gasteiger partial charge < -0.3 is 15.7 Å². The maximum atomic E-state index is 12.2. The lowest BCUT2D eigenvalue weighted by molar-refractivity contribution is -0.117. The largest absolute Gasteiger partial charge is 0.392 e. The third-order valence-electron chi connectivity index (χ3n) is 4.73. The Balaban J connectivity index is 0.00000240. The number of aliphatic hydroxyl groups excluding tert-OH is 1. The van der Waals surface area contributed by atoms with Crippen LogP contribution < -0.4 is 10.6 Å². The first kappa shape index (κ1) is 20.9. The molecule has 1 aliphatic rings. The van der Waals surface area contributed by atoms with Crippen LogP contribution in [0.25, 0.3) is 11.4 Å². The molecular formula is C20H23ClN6O2. The molecule has 2 atom stereocenters. The molecule has 1 fully saturated rings. The summed E-state index contributed by atoms with van der Waals surface area (Å²) in [5, 5.41) is 28.0. The summed E-state index contributed by atoms with van der Waals surface area (Å²) < 4.78 is 0. The zero-order valence-corrected chi connectivity index (χ0v) is 16.5. The lowest BCUT2D eigenvalue weighted by Crippen LogP contribution is -2.35. The Labute approximate surface area is 174 Å². The summed E-state index contributed by atoms with van der Waals surface area (Å²) in [6.07, 6.45) is 0.751. The summed E-state index contributed by atoms with van der Waals surface area (Å²) in [5.74, 6) is 0.494. The van der Waals surface area contributed by atoms with Crippen LogP contribution in [0.1, 0.15) is 12.0 Å². The van der Waals surface area contributed by atoms with Crippen LogP contribution in [0.3, 0.4) is 0 Å². The number of halogens is 1. The van der Waals surface area contributed by atoms with E-state index in [-0.39, 0.29) is 24.4 Å². The van der Waals surface area contributed by atoms with Gasteiger partial charge in [0.25, 0.3) is 0 Å². The number of hydrogen-bond acceptors (Lipinski definition) is 6. The fourth-order valence-corrected chi connectivity index (χ4v) is 3.17. The first-order chi connectivity index (χ1) is 13.7. The number of tetrazole rings is 1. The summed E-state index contributed by atoms with van der Waals surface area (Å²) >= 11 is 0. The number of β-amino-alcohol motifs (C(OH)–C–C–N with tert-alkyl or cyclic N) is 1. The number of hydrogen-bond donors (Lipinski definition) is 3. The van der Waals surface area contributed by atoms with E-state index < -0.39 is 6.10 Å². The number of amides is 1. The number of nitrogens with one attached hydrogen (secondary N) is 2. The highest BCUT2D eigenvalue weighted by atomic mass is 35.5. The number of carbonyl (C=O) groups is 1. The molecule has 1 aromatic heterocycles. The number of aryl methyl sites for hydroxylation is 2. The van der Waals surface area contributed by atoms with Crippen molar-refractivity contribution in [1.82, 2.24) is 25.5 Å². The first-order valence-electron chi connectivity index (χ1n) is 9.32. The van der Waals surface area contributed by atoms with Crippen molar-refractivity contribution in [3.05, 3.63) is 60.2 Å².